The van der Waals surface area contributed by atoms with E-state index in [1.54, 1.807) is 7.11 Å². The second kappa shape index (κ2) is 6.67. The number of hydrogen-bond donors (Lipinski definition) is 1. The first kappa shape index (κ1) is 13.3. The first-order chi connectivity index (χ1) is 8.79. The standard InChI is InChI=1S/C16H25NO/c1-13(14-6-4-3-5-7-14)12-17-15-8-10-16(18-2)11-9-15/h8-11,13-14,17H,3-7,12H2,1-2H3/t13-/m0/s1. The third kappa shape index (κ3) is 3.66. The van der Waals surface area contributed by atoms with E-state index in [4.69, 9.17) is 4.74 Å². The average molecular weight is 247 g/mol. The van der Waals surface area contributed by atoms with Gasteiger partial charge in [-0.2, -0.15) is 0 Å². The molecule has 1 aromatic rings. The van der Waals surface area contributed by atoms with Crippen LogP contribution in [-0.4, -0.2) is 13.7 Å². The van der Waals surface area contributed by atoms with Crippen molar-refractivity contribution in [3.05, 3.63) is 24.3 Å². The molecule has 2 rings (SSSR count). The Bertz CT molecular complexity index is 341. The van der Waals surface area contributed by atoms with Crippen LogP contribution in [0.1, 0.15) is 39.0 Å². The van der Waals surface area contributed by atoms with Gasteiger partial charge in [0.05, 0.1) is 7.11 Å². The van der Waals surface area contributed by atoms with Crippen LogP contribution in [0, 0.1) is 11.8 Å². The molecule has 0 saturated heterocycles. The molecule has 18 heavy (non-hydrogen) atoms. The Labute approximate surface area is 111 Å². The highest BCUT2D eigenvalue weighted by Crippen LogP contribution is 2.30. The Kier molecular flexibility index (Phi) is 4.91. The van der Waals surface area contributed by atoms with Crippen LogP contribution in [0.3, 0.4) is 0 Å². The van der Waals surface area contributed by atoms with Crippen molar-refractivity contribution in [3.63, 3.8) is 0 Å². The number of ether oxygens (including phenoxy) is 1. The van der Waals surface area contributed by atoms with E-state index in [1.807, 2.05) is 12.1 Å². The Morgan fingerprint density at radius 1 is 1.17 bits per heavy atom. The second-order valence-electron chi connectivity index (χ2n) is 5.48. The summed E-state index contributed by atoms with van der Waals surface area (Å²) in [6.07, 6.45) is 7.14. The van der Waals surface area contributed by atoms with Crippen LogP contribution < -0.4 is 10.1 Å². The highest BCUT2D eigenvalue weighted by molar-refractivity contribution is 5.46. The van der Waals surface area contributed by atoms with Gasteiger partial charge in [-0.15, -0.1) is 0 Å². The largest absolute Gasteiger partial charge is 0.497 e. The maximum atomic E-state index is 5.16. The van der Waals surface area contributed by atoms with Gasteiger partial charge >= 0.3 is 0 Å². The molecule has 1 fully saturated rings. The van der Waals surface area contributed by atoms with Gasteiger partial charge in [-0.1, -0.05) is 39.0 Å². The van der Waals surface area contributed by atoms with Crippen molar-refractivity contribution in [2.45, 2.75) is 39.0 Å². The highest BCUT2D eigenvalue weighted by Gasteiger charge is 2.19. The Hall–Kier alpha value is -1.18. The number of rotatable bonds is 5. The van der Waals surface area contributed by atoms with Gasteiger partial charge < -0.3 is 10.1 Å². The molecule has 1 aliphatic rings. The summed E-state index contributed by atoms with van der Waals surface area (Å²) in [5.41, 5.74) is 1.19. The summed E-state index contributed by atoms with van der Waals surface area (Å²) in [7, 11) is 1.70. The molecule has 0 aliphatic heterocycles. The van der Waals surface area contributed by atoms with Gasteiger partial charge in [0.15, 0.2) is 0 Å². The van der Waals surface area contributed by atoms with E-state index in [9.17, 15) is 0 Å². The smallest absolute Gasteiger partial charge is 0.119 e. The van der Waals surface area contributed by atoms with E-state index in [2.05, 4.69) is 24.4 Å². The minimum Gasteiger partial charge on any atom is -0.497 e. The second-order valence-corrected chi connectivity index (χ2v) is 5.48. The predicted octanol–water partition coefficient (Wildman–Crippen LogP) is 4.32. The topological polar surface area (TPSA) is 21.3 Å². The first-order valence-corrected chi connectivity index (χ1v) is 7.17. The molecule has 2 nitrogen and oxygen atoms in total. The van der Waals surface area contributed by atoms with E-state index in [0.717, 1.165) is 24.1 Å². The zero-order valence-electron chi connectivity index (χ0n) is 11.6. The molecule has 1 atom stereocenters. The fourth-order valence-electron chi connectivity index (χ4n) is 2.86. The van der Waals surface area contributed by atoms with Crippen LogP contribution in [-0.2, 0) is 0 Å². The molecule has 0 bridgehead atoms. The molecule has 100 valence electrons. The predicted molar refractivity (Wildman–Crippen MR) is 77.2 cm³/mol. The summed E-state index contributed by atoms with van der Waals surface area (Å²) in [5, 5.41) is 3.54. The van der Waals surface area contributed by atoms with Crippen LogP contribution in [0.4, 0.5) is 5.69 Å². The first-order valence-electron chi connectivity index (χ1n) is 7.17. The monoisotopic (exact) mass is 247 g/mol. The number of nitrogens with one attached hydrogen (secondary N) is 1. The number of benzene rings is 1. The van der Waals surface area contributed by atoms with Crippen LogP contribution in [0.25, 0.3) is 0 Å². The molecule has 1 saturated carbocycles. The molecule has 2 heteroatoms. The van der Waals surface area contributed by atoms with Crippen molar-refractivity contribution in [2.24, 2.45) is 11.8 Å². The van der Waals surface area contributed by atoms with Gasteiger partial charge in [0, 0.05) is 12.2 Å². The lowest BCUT2D eigenvalue weighted by Crippen LogP contribution is -2.22. The molecule has 1 aromatic carbocycles. The van der Waals surface area contributed by atoms with Crippen LogP contribution in [0.15, 0.2) is 24.3 Å². The highest BCUT2D eigenvalue weighted by atomic mass is 16.5. The zero-order chi connectivity index (χ0) is 12.8. The summed E-state index contributed by atoms with van der Waals surface area (Å²) >= 11 is 0. The van der Waals surface area contributed by atoms with Crippen molar-refractivity contribution in [2.75, 3.05) is 19.0 Å². The molecule has 1 aliphatic carbocycles. The Morgan fingerprint density at radius 2 is 1.83 bits per heavy atom. The van der Waals surface area contributed by atoms with Gasteiger partial charge in [-0.3, -0.25) is 0 Å². The summed E-state index contributed by atoms with van der Waals surface area (Å²) in [6.45, 7) is 3.46. The Balaban J connectivity index is 1.78. The summed E-state index contributed by atoms with van der Waals surface area (Å²) in [5.74, 6) is 2.61. The molecule has 0 heterocycles. The molecule has 1 N–H and O–H groups in total. The van der Waals surface area contributed by atoms with Crippen molar-refractivity contribution >= 4 is 5.69 Å². The number of hydrogen-bond acceptors (Lipinski definition) is 2. The lowest BCUT2D eigenvalue weighted by molar-refractivity contribution is 0.273. The van der Waals surface area contributed by atoms with E-state index in [0.29, 0.717) is 0 Å². The third-order valence-corrected chi connectivity index (χ3v) is 4.17. The van der Waals surface area contributed by atoms with Crippen molar-refractivity contribution < 1.29 is 4.74 Å². The maximum absolute atomic E-state index is 5.16. The van der Waals surface area contributed by atoms with Crippen LogP contribution in [0.5, 0.6) is 5.75 Å². The fourth-order valence-corrected chi connectivity index (χ4v) is 2.86. The van der Waals surface area contributed by atoms with Crippen molar-refractivity contribution in [3.8, 4) is 5.75 Å². The van der Waals surface area contributed by atoms with Gasteiger partial charge in [0.25, 0.3) is 0 Å². The lowest BCUT2D eigenvalue weighted by atomic mass is 9.81. The normalized spacial score (nSPS) is 18.3. The molecule has 0 radical (unpaired) electrons. The van der Waals surface area contributed by atoms with Crippen molar-refractivity contribution in [1.82, 2.24) is 0 Å². The molecular weight excluding hydrogens is 222 g/mol. The number of anilines is 1. The van der Waals surface area contributed by atoms with Gasteiger partial charge in [0.2, 0.25) is 0 Å². The Morgan fingerprint density at radius 3 is 2.44 bits per heavy atom. The van der Waals surface area contributed by atoms with Gasteiger partial charge in [0.1, 0.15) is 5.75 Å². The average Bonchev–Trinajstić information content (AvgIpc) is 2.46. The van der Waals surface area contributed by atoms with Gasteiger partial charge in [-0.05, 0) is 36.1 Å². The zero-order valence-corrected chi connectivity index (χ0v) is 11.6. The van der Waals surface area contributed by atoms with Gasteiger partial charge in [-0.25, -0.2) is 0 Å². The minimum atomic E-state index is 0.771. The summed E-state index contributed by atoms with van der Waals surface area (Å²) in [4.78, 5) is 0. The van der Waals surface area contributed by atoms with Crippen molar-refractivity contribution in [1.29, 1.82) is 0 Å². The molecule has 0 spiro atoms. The van der Waals surface area contributed by atoms with E-state index in [-0.39, 0.29) is 0 Å². The molecule has 0 aromatic heterocycles. The minimum absolute atomic E-state index is 0.771. The third-order valence-electron chi connectivity index (χ3n) is 4.17. The summed E-state index contributed by atoms with van der Waals surface area (Å²) < 4.78 is 5.16. The van der Waals surface area contributed by atoms with E-state index < -0.39 is 0 Å². The van der Waals surface area contributed by atoms with E-state index >= 15 is 0 Å². The molecule has 0 amide bonds. The maximum Gasteiger partial charge on any atom is 0.119 e. The molecule has 0 unspecified atom stereocenters. The molecular formula is C16H25NO. The lowest BCUT2D eigenvalue weighted by Gasteiger charge is -2.28. The quantitative estimate of drug-likeness (QED) is 0.836. The van der Waals surface area contributed by atoms with Crippen LogP contribution in [0.2, 0.25) is 0 Å². The fraction of sp³-hybridized carbons (Fsp3) is 0.625. The summed E-state index contributed by atoms with van der Waals surface area (Å²) in [6, 6.07) is 8.19. The SMILES string of the molecule is COc1ccc(NC[C@H](C)C2CCCCC2)cc1. The van der Waals surface area contributed by atoms with E-state index in [1.165, 1.54) is 37.8 Å². The number of methoxy groups -OCH3 is 1. The van der Waals surface area contributed by atoms with Crippen LogP contribution >= 0.6 is 0 Å².